The van der Waals surface area contributed by atoms with Crippen LogP contribution in [0.4, 0.5) is 11.6 Å². The average Bonchev–Trinajstić information content (AvgIpc) is 3.89. The van der Waals surface area contributed by atoms with Gasteiger partial charge in [0.2, 0.25) is 12.7 Å². The summed E-state index contributed by atoms with van der Waals surface area (Å²) in [7, 11) is 6.71. The van der Waals surface area contributed by atoms with Crippen LogP contribution in [0.25, 0.3) is 22.5 Å². The lowest BCUT2D eigenvalue weighted by molar-refractivity contribution is -0.118. The van der Waals surface area contributed by atoms with Crippen LogP contribution in [0.15, 0.2) is 192 Å². The number of fused-ring (bicyclic) bond motifs is 1. The van der Waals surface area contributed by atoms with Gasteiger partial charge in [-0.1, -0.05) is 78.9 Å². The zero-order valence-electron chi connectivity index (χ0n) is 41.3. The van der Waals surface area contributed by atoms with E-state index in [9.17, 15) is 4.79 Å². The van der Waals surface area contributed by atoms with Crippen LogP contribution in [0, 0.1) is 0 Å². The number of nitrogens with one attached hydrogen (secondary N) is 1. The molecule has 0 atom stereocenters. The Bertz CT molecular complexity index is 3250. The molecule has 3 aromatic heterocycles. The number of thioether (sulfide) groups is 1. The topological polar surface area (TPSA) is 136 Å². The van der Waals surface area contributed by atoms with Crippen LogP contribution in [0.1, 0.15) is 56.7 Å². The number of pyridine rings is 2. The predicted molar refractivity (Wildman–Crippen MR) is 294 cm³/mol. The summed E-state index contributed by atoms with van der Waals surface area (Å²) in [4.78, 5) is 25.1. The van der Waals surface area contributed by atoms with E-state index in [-0.39, 0.29) is 23.9 Å². The van der Waals surface area contributed by atoms with Gasteiger partial charge < -0.3 is 39.5 Å². The molecule has 11 nitrogen and oxygen atoms in total. The van der Waals surface area contributed by atoms with Gasteiger partial charge in [-0.25, -0.2) is 9.97 Å². The minimum absolute atomic E-state index is 0.0548. The summed E-state index contributed by atoms with van der Waals surface area (Å²) < 4.78 is 32.4. The molecule has 1 aliphatic heterocycles. The summed E-state index contributed by atoms with van der Waals surface area (Å²) in [6.45, 7) is 0.209. The number of nitrogen functional groups attached to an aromatic ring is 1. The summed E-state index contributed by atoms with van der Waals surface area (Å²) >= 11 is 3.50. The molecule has 1 saturated carbocycles. The Kier molecular flexibility index (Phi) is 14.8. The van der Waals surface area contributed by atoms with E-state index in [4.69, 9.17) is 39.1 Å². The molecule has 0 unspecified atom stereocenters. The van der Waals surface area contributed by atoms with Crippen molar-refractivity contribution < 1.29 is 33.2 Å². The Morgan fingerprint density at radius 3 is 1.66 bits per heavy atom. The standard InChI is InChI=1S/C37H32N2O5S.C24H22N2O2S/c1-41-28-13-6-25(7-14-28)35(26-8-15-29(42-2)16-9-26)45-30-17-10-24(11-18-30)31-4-3-5-34(38-31)39-36(40)37(20-21-37)27-12-19-32-33(22-27)44-23-43-32;1-27-19-10-6-16(7-11-19)24(17-8-12-20(28-2)13-9-17)22-14-18(15-29-22)21-4-3-5-23(25)26-21/h3-19,22,35H,20-21,23H2,1-2H3,(H,38,39,40);3-15,24H,1-2H3,(H2,25,26). The van der Waals surface area contributed by atoms with E-state index in [1.54, 1.807) is 57.6 Å². The predicted octanol–water partition coefficient (Wildman–Crippen LogP) is 13.6. The third kappa shape index (κ3) is 11.0. The number of nitrogens with zero attached hydrogens (tertiary/aromatic N) is 2. The van der Waals surface area contributed by atoms with Gasteiger partial charge >= 0.3 is 0 Å². The monoisotopic (exact) mass is 1020 g/mol. The lowest BCUT2D eigenvalue weighted by Gasteiger charge is -2.19. The number of ether oxygens (including phenoxy) is 6. The van der Waals surface area contributed by atoms with Gasteiger partial charge in [0.1, 0.15) is 34.6 Å². The molecule has 11 rings (SSSR count). The Hall–Kier alpha value is -8.26. The van der Waals surface area contributed by atoms with Gasteiger partial charge in [0.05, 0.1) is 50.5 Å². The molecule has 0 radical (unpaired) electrons. The molecule has 6 aromatic carbocycles. The van der Waals surface area contributed by atoms with E-state index < -0.39 is 5.41 Å². The van der Waals surface area contributed by atoms with Crippen LogP contribution in [0.5, 0.6) is 34.5 Å². The van der Waals surface area contributed by atoms with E-state index in [2.05, 4.69) is 94.5 Å². The molecule has 0 saturated heterocycles. The summed E-state index contributed by atoms with van der Waals surface area (Å²) in [6, 6.07) is 60.6. The molecule has 74 heavy (non-hydrogen) atoms. The number of hydrogen-bond donors (Lipinski definition) is 2. The Balaban J connectivity index is 0.000000186. The molecule has 1 aliphatic carbocycles. The van der Waals surface area contributed by atoms with Crippen molar-refractivity contribution >= 4 is 40.6 Å². The summed E-state index contributed by atoms with van der Waals surface area (Å²) in [5, 5.41) is 5.28. The highest BCUT2D eigenvalue weighted by Gasteiger charge is 2.52. The van der Waals surface area contributed by atoms with Crippen molar-refractivity contribution in [2.75, 3.05) is 46.3 Å². The average molecular weight is 1020 g/mol. The van der Waals surface area contributed by atoms with E-state index in [1.165, 1.54) is 27.1 Å². The maximum Gasteiger partial charge on any atom is 0.236 e. The molecule has 0 bridgehead atoms. The molecule has 0 spiro atoms. The molecule has 13 heteroatoms. The summed E-state index contributed by atoms with van der Waals surface area (Å²) in [6.07, 6.45) is 1.57. The number of carbonyl (C=O) groups is 1. The fourth-order valence-electron chi connectivity index (χ4n) is 8.96. The fourth-order valence-corrected chi connectivity index (χ4v) is 11.2. The van der Waals surface area contributed by atoms with E-state index >= 15 is 0 Å². The third-order valence-electron chi connectivity index (χ3n) is 13.2. The van der Waals surface area contributed by atoms with Crippen LogP contribution in [0.2, 0.25) is 0 Å². The minimum atomic E-state index is -0.568. The highest BCUT2D eigenvalue weighted by Crippen LogP contribution is 2.51. The number of hydrogen-bond acceptors (Lipinski definition) is 12. The Morgan fingerprint density at radius 1 is 0.595 bits per heavy atom. The van der Waals surface area contributed by atoms with Crippen LogP contribution in [-0.2, 0) is 10.2 Å². The first-order valence-electron chi connectivity index (χ1n) is 24.1. The van der Waals surface area contributed by atoms with Crippen molar-refractivity contribution in [2.24, 2.45) is 0 Å². The van der Waals surface area contributed by atoms with E-state index in [1.807, 2.05) is 97.1 Å². The zero-order chi connectivity index (χ0) is 51.0. The third-order valence-corrected chi connectivity index (χ3v) is 15.5. The number of aromatic nitrogens is 2. The normalized spacial score (nSPS) is 12.9. The number of benzene rings is 6. The van der Waals surface area contributed by atoms with Gasteiger partial charge in [0, 0.05) is 32.2 Å². The highest BCUT2D eigenvalue weighted by molar-refractivity contribution is 7.99. The molecular weight excluding hydrogens is 965 g/mol. The van der Waals surface area contributed by atoms with Gasteiger partial charge in [-0.2, -0.15) is 0 Å². The SMILES string of the molecule is COc1ccc(C(Sc2ccc(-c3cccc(NC(=O)C4(c5ccc6c(c5)OCO6)CC4)n3)cc2)c2ccc(OC)cc2)cc1.COc1ccc(C(c2ccc(OC)cc2)c2cc(-c3cccc(N)n3)cs2)cc1. The molecule has 1 fully saturated rings. The van der Waals surface area contributed by atoms with Crippen molar-refractivity contribution in [2.45, 2.75) is 34.3 Å². The number of thiophene rings is 1. The Morgan fingerprint density at radius 2 is 1.12 bits per heavy atom. The molecule has 2 aliphatic rings. The molecule has 1 amide bonds. The first-order valence-corrected chi connectivity index (χ1v) is 25.8. The van der Waals surface area contributed by atoms with Crippen LogP contribution < -0.4 is 39.5 Å². The van der Waals surface area contributed by atoms with Gasteiger partial charge in [-0.3, -0.25) is 4.79 Å². The second-order valence-corrected chi connectivity index (χ2v) is 19.9. The van der Waals surface area contributed by atoms with Gasteiger partial charge in [0.15, 0.2) is 11.5 Å². The maximum atomic E-state index is 13.5. The number of methoxy groups -OCH3 is 4. The second kappa shape index (κ2) is 22.2. The van der Waals surface area contributed by atoms with Crippen LogP contribution in [-0.4, -0.2) is 51.1 Å². The molecule has 9 aromatic rings. The molecular formula is C61H54N4O7S2. The van der Waals surface area contributed by atoms with Crippen molar-refractivity contribution in [3.05, 3.63) is 220 Å². The van der Waals surface area contributed by atoms with Crippen molar-refractivity contribution in [3.63, 3.8) is 0 Å². The van der Waals surface area contributed by atoms with E-state index in [0.717, 1.165) is 68.8 Å². The van der Waals surface area contributed by atoms with Crippen molar-refractivity contribution in [1.29, 1.82) is 0 Å². The van der Waals surface area contributed by atoms with Crippen molar-refractivity contribution in [3.8, 4) is 57.0 Å². The zero-order valence-corrected chi connectivity index (χ0v) is 43.0. The number of rotatable bonds is 16. The second-order valence-electron chi connectivity index (χ2n) is 17.7. The fraction of sp³-hybridized carbons (Fsp3) is 0.164. The highest BCUT2D eigenvalue weighted by atomic mass is 32.2. The lowest BCUT2D eigenvalue weighted by atomic mass is 9.89. The largest absolute Gasteiger partial charge is 0.497 e. The molecule has 4 heterocycles. The van der Waals surface area contributed by atoms with E-state index in [0.29, 0.717) is 23.1 Å². The smallest absolute Gasteiger partial charge is 0.236 e. The minimum Gasteiger partial charge on any atom is -0.497 e. The lowest BCUT2D eigenvalue weighted by Crippen LogP contribution is -2.28. The first-order chi connectivity index (χ1) is 36.2. The number of anilines is 2. The number of nitrogens with two attached hydrogens (primary N) is 1. The van der Waals surface area contributed by atoms with Crippen LogP contribution >= 0.6 is 23.1 Å². The maximum absolute atomic E-state index is 13.5. The Labute approximate surface area is 439 Å². The summed E-state index contributed by atoms with van der Waals surface area (Å²) in [5.74, 6) is 5.85. The van der Waals surface area contributed by atoms with Crippen molar-refractivity contribution in [1.82, 2.24) is 9.97 Å². The number of carbonyl (C=O) groups excluding carboxylic acids is 1. The number of amides is 1. The molecule has 3 N–H and O–H groups in total. The van der Waals surface area contributed by atoms with Crippen LogP contribution in [0.3, 0.4) is 0 Å². The summed E-state index contributed by atoms with van der Waals surface area (Å²) in [5.41, 5.74) is 14.7. The van der Waals surface area contributed by atoms with Gasteiger partial charge in [-0.05, 0) is 144 Å². The van der Waals surface area contributed by atoms with Gasteiger partial charge in [-0.15, -0.1) is 23.1 Å². The first kappa shape index (κ1) is 49.3. The van der Waals surface area contributed by atoms with Gasteiger partial charge in [0.25, 0.3) is 0 Å². The quantitative estimate of drug-likeness (QED) is 0.0895. The molecule has 372 valence electrons.